The predicted molar refractivity (Wildman–Crippen MR) is 78.8 cm³/mol. The highest BCUT2D eigenvalue weighted by molar-refractivity contribution is 8.04. The minimum absolute atomic E-state index is 0.448. The number of rotatable bonds is 2. The smallest absolute Gasteiger partial charge is 0.0986 e. The van der Waals surface area contributed by atoms with Crippen LogP contribution in [0.2, 0.25) is 0 Å². The van der Waals surface area contributed by atoms with Crippen molar-refractivity contribution in [3.8, 4) is 0 Å². The van der Waals surface area contributed by atoms with Crippen molar-refractivity contribution in [2.24, 2.45) is 4.99 Å². The summed E-state index contributed by atoms with van der Waals surface area (Å²) in [6.07, 6.45) is 6.58. The summed E-state index contributed by atoms with van der Waals surface area (Å²) in [5.74, 6) is 0. The van der Waals surface area contributed by atoms with E-state index in [9.17, 15) is 0 Å². The molecule has 1 aromatic carbocycles. The van der Waals surface area contributed by atoms with Crippen LogP contribution in [0.25, 0.3) is 0 Å². The van der Waals surface area contributed by atoms with Crippen LogP contribution in [0.3, 0.4) is 0 Å². The fourth-order valence-corrected chi connectivity index (χ4v) is 4.21. The largest absolute Gasteiger partial charge is 0.278 e. The lowest BCUT2D eigenvalue weighted by Crippen LogP contribution is -2.05. The molecular weight excluding hydrogens is 246 g/mol. The topological polar surface area (TPSA) is 12.4 Å². The van der Waals surface area contributed by atoms with Crippen LogP contribution in [0.4, 0.5) is 0 Å². The second kappa shape index (κ2) is 4.91. The Morgan fingerprint density at radius 1 is 1.24 bits per heavy atom. The Kier molecular flexibility index (Phi) is 3.30. The molecule has 0 N–H and O–H groups in total. The zero-order chi connectivity index (χ0) is 11.7. The van der Waals surface area contributed by atoms with Crippen molar-refractivity contribution >= 4 is 29.7 Å². The molecule has 2 aliphatic rings. The normalized spacial score (nSPS) is 27.4. The first-order valence-corrected chi connectivity index (χ1v) is 8.03. The summed E-state index contributed by atoms with van der Waals surface area (Å²) < 4.78 is 0. The Labute approximate surface area is 111 Å². The number of aliphatic imine (C=N–C) groups is 1. The number of benzene rings is 1. The van der Waals surface area contributed by atoms with Crippen LogP contribution in [0.15, 0.2) is 45.8 Å². The molecule has 88 valence electrons. The molecular formula is C14H15NS2. The van der Waals surface area contributed by atoms with Crippen LogP contribution in [-0.2, 0) is 0 Å². The summed E-state index contributed by atoms with van der Waals surface area (Å²) >= 11 is 3.83. The van der Waals surface area contributed by atoms with E-state index in [2.05, 4.69) is 47.8 Å². The monoisotopic (exact) mass is 261 g/mol. The minimum atomic E-state index is 0.448. The molecule has 17 heavy (non-hydrogen) atoms. The van der Waals surface area contributed by atoms with Crippen molar-refractivity contribution in [3.63, 3.8) is 0 Å². The molecule has 0 saturated heterocycles. The van der Waals surface area contributed by atoms with E-state index in [1.807, 2.05) is 23.5 Å². The summed E-state index contributed by atoms with van der Waals surface area (Å²) in [5.41, 5.74) is 3.05. The first-order chi connectivity index (χ1) is 8.36. The van der Waals surface area contributed by atoms with Crippen molar-refractivity contribution in [3.05, 3.63) is 46.4 Å². The van der Waals surface area contributed by atoms with Gasteiger partial charge in [-0.05, 0) is 18.2 Å². The van der Waals surface area contributed by atoms with E-state index in [4.69, 9.17) is 0 Å². The van der Waals surface area contributed by atoms with Gasteiger partial charge in [-0.25, -0.2) is 0 Å². The molecule has 1 nitrogen and oxygen atoms in total. The summed E-state index contributed by atoms with van der Waals surface area (Å²) in [4.78, 5) is 6.00. The van der Waals surface area contributed by atoms with Crippen molar-refractivity contribution < 1.29 is 0 Å². The maximum Gasteiger partial charge on any atom is 0.0986 e. The Morgan fingerprint density at radius 2 is 2.06 bits per heavy atom. The van der Waals surface area contributed by atoms with Crippen LogP contribution < -0.4 is 0 Å². The van der Waals surface area contributed by atoms with Gasteiger partial charge in [-0.3, -0.25) is 4.99 Å². The van der Waals surface area contributed by atoms with Gasteiger partial charge in [0.15, 0.2) is 0 Å². The Hall–Kier alpha value is -0.670. The molecule has 3 rings (SSSR count). The van der Waals surface area contributed by atoms with Crippen LogP contribution in [0.5, 0.6) is 0 Å². The standard InChI is InChI=1S/C14H15NS2/c1-16-14-8-11-7-12(17-13(11)9-15-14)10-5-3-2-4-6-10/h2-6,9,12,14H,7-8H2,1H3. The van der Waals surface area contributed by atoms with Gasteiger partial charge in [0.25, 0.3) is 0 Å². The summed E-state index contributed by atoms with van der Waals surface area (Å²) in [5, 5.41) is 1.05. The Bertz CT molecular complexity index is 464. The third kappa shape index (κ3) is 2.31. The third-order valence-electron chi connectivity index (χ3n) is 3.27. The lowest BCUT2D eigenvalue weighted by Gasteiger charge is -2.14. The van der Waals surface area contributed by atoms with Crippen LogP contribution >= 0.6 is 23.5 Å². The van der Waals surface area contributed by atoms with E-state index in [0.717, 1.165) is 6.42 Å². The van der Waals surface area contributed by atoms with E-state index in [0.29, 0.717) is 10.6 Å². The average molecular weight is 261 g/mol. The highest BCUT2D eigenvalue weighted by Crippen LogP contribution is 2.49. The van der Waals surface area contributed by atoms with Gasteiger partial charge in [-0.2, -0.15) is 0 Å². The molecule has 0 amide bonds. The van der Waals surface area contributed by atoms with Crippen molar-refractivity contribution in [1.82, 2.24) is 0 Å². The Balaban J connectivity index is 1.75. The molecule has 2 atom stereocenters. The molecule has 0 bridgehead atoms. The van der Waals surface area contributed by atoms with Gasteiger partial charge in [0.1, 0.15) is 0 Å². The van der Waals surface area contributed by atoms with Gasteiger partial charge in [0.2, 0.25) is 0 Å². The molecule has 3 heteroatoms. The quantitative estimate of drug-likeness (QED) is 0.787. The lowest BCUT2D eigenvalue weighted by molar-refractivity contribution is 0.810. The van der Waals surface area contributed by atoms with Gasteiger partial charge < -0.3 is 0 Å². The van der Waals surface area contributed by atoms with Gasteiger partial charge in [-0.15, -0.1) is 23.5 Å². The molecule has 0 aromatic heterocycles. The third-order valence-corrected chi connectivity index (χ3v) is 5.48. The lowest BCUT2D eigenvalue weighted by atomic mass is 10.0. The van der Waals surface area contributed by atoms with Crippen molar-refractivity contribution in [1.29, 1.82) is 0 Å². The summed E-state index contributed by atoms with van der Waals surface area (Å²) in [6, 6.07) is 10.8. The first-order valence-electron chi connectivity index (χ1n) is 5.86. The number of allylic oxidation sites excluding steroid dienone is 1. The second-order valence-corrected chi connectivity index (χ2v) is 6.62. The molecule has 0 aliphatic carbocycles. The SMILES string of the molecule is CSC1CC2=C(C=N1)SC(c1ccccc1)C2. The zero-order valence-corrected chi connectivity index (χ0v) is 11.4. The van der Waals surface area contributed by atoms with Crippen LogP contribution in [0, 0.1) is 0 Å². The predicted octanol–water partition coefficient (Wildman–Crippen LogP) is 4.28. The number of nitrogens with zero attached hydrogens (tertiary/aromatic N) is 1. The van der Waals surface area contributed by atoms with Crippen LogP contribution in [0.1, 0.15) is 23.7 Å². The molecule has 1 aromatic rings. The fourth-order valence-electron chi connectivity index (χ4n) is 2.32. The molecule has 2 unspecified atom stereocenters. The minimum Gasteiger partial charge on any atom is -0.278 e. The average Bonchev–Trinajstić information content (AvgIpc) is 2.82. The van der Waals surface area contributed by atoms with E-state index >= 15 is 0 Å². The van der Waals surface area contributed by atoms with Crippen LogP contribution in [-0.4, -0.2) is 17.8 Å². The van der Waals surface area contributed by atoms with Crippen molar-refractivity contribution in [2.75, 3.05) is 6.26 Å². The highest BCUT2D eigenvalue weighted by atomic mass is 32.2. The molecule has 0 fully saturated rings. The highest BCUT2D eigenvalue weighted by Gasteiger charge is 2.28. The summed E-state index contributed by atoms with van der Waals surface area (Å²) in [6.45, 7) is 0. The molecule has 0 radical (unpaired) electrons. The van der Waals surface area contributed by atoms with E-state index in [1.165, 1.54) is 16.9 Å². The van der Waals surface area contributed by atoms with E-state index in [-0.39, 0.29) is 0 Å². The number of thioether (sulfide) groups is 2. The molecule has 0 saturated carbocycles. The van der Waals surface area contributed by atoms with Gasteiger partial charge in [0, 0.05) is 22.8 Å². The maximum atomic E-state index is 4.58. The van der Waals surface area contributed by atoms with Crippen molar-refractivity contribution in [2.45, 2.75) is 23.5 Å². The number of dihydropyridines is 1. The van der Waals surface area contributed by atoms with Gasteiger partial charge in [-0.1, -0.05) is 35.9 Å². The molecule has 2 heterocycles. The zero-order valence-electron chi connectivity index (χ0n) is 9.80. The number of hydrogen-bond acceptors (Lipinski definition) is 3. The van der Waals surface area contributed by atoms with Gasteiger partial charge in [0.05, 0.1) is 5.37 Å². The molecule has 0 spiro atoms. The Morgan fingerprint density at radius 3 is 2.82 bits per heavy atom. The summed E-state index contributed by atoms with van der Waals surface area (Å²) in [7, 11) is 0. The fraction of sp³-hybridized carbons (Fsp3) is 0.357. The number of hydrogen-bond donors (Lipinski definition) is 0. The van der Waals surface area contributed by atoms with E-state index < -0.39 is 0 Å². The van der Waals surface area contributed by atoms with Gasteiger partial charge >= 0.3 is 0 Å². The second-order valence-electron chi connectivity index (χ2n) is 4.36. The van der Waals surface area contributed by atoms with E-state index in [1.54, 1.807) is 5.57 Å². The first kappa shape index (κ1) is 11.4. The maximum absolute atomic E-state index is 4.58. The molecule has 2 aliphatic heterocycles.